The van der Waals surface area contributed by atoms with Crippen LogP contribution in [0.3, 0.4) is 0 Å². The summed E-state index contributed by atoms with van der Waals surface area (Å²) in [5, 5.41) is 0. The number of carbonyl (C=O) groups is 2. The molecule has 5 heteroatoms. The molecule has 2 amide bonds. The molecule has 0 radical (unpaired) electrons. The van der Waals surface area contributed by atoms with E-state index in [0.29, 0.717) is 36.9 Å². The molecular formula is C21H30N2O3. The van der Waals surface area contributed by atoms with Crippen molar-refractivity contribution in [3.63, 3.8) is 0 Å². The Kier molecular flexibility index (Phi) is 5.84. The van der Waals surface area contributed by atoms with Gasteiger partial charge in [0, 0.05) is 32.1 Å². The number of nitrogens with zero attached hydrogens (tertiary/aromatic N) is 2. The van der Waals surface area contributed by atoms with Crippen molar-refractivity contribution in [1.29, 1.82) is 0 Å². The minimum atomic E-state index is 0.00212. The first-order valence-corrected chi connectivity index (χ1v) is 9.77. The molecule has 3 rings (SSSR count). The van der Waals surface area contributed by atoms with E-state index in [2.05, 4.69) is 13.8 Å². The Labute approximate surface area is 156 Å². The molecule has 1 saturated carbocycles. The number of hydrogen-bond acceptors (Lipinski definition) is 3. The van der Waals surface area contributed by atoms with Crippen LogP contribution in [0.15, 0.2) is 18.2 Å². The van der Waals surface area contributed by atoms with Crippen molar-refractivity contribution in [3.8, 4) is 5.75 Å². The molecule has 0 atom stereocenters. The highest BCUT2D eigenvalue weighted by Crippen LogP contribution is 2.29. The summed E-state index contributed by atoms with van der Waals surface area (Å²) in [6.07, 6.45) is 4.05. The largest absolute Gasteiger partial charge is 0.496 e. The van der Waals surface area contributed by atoms with E-state index >= 15 is 0 Å². The third-order valence-corrected chi connectivity index (χ3v) is 5.67. The first-order valence-electron chi connectivity index (χ1n) is 9.77. The number of methoxy groups -OCH3 is 1. The molecule has 142 valence electrons. The molecule has 26 heavy (non-hydrogen) atoms. The van der Waals surface area contributed by atoms with Crippen molar-refractivity contribution in [2.45, 2.75) is 45.4 Å². The zero-order chi connectivity index (χ0) is 18.7. The van der Waals surface area contributed by atoms with Crippen molar-refractivity contribution in [2.24, 2.45) is 5.92 Å². The SMILES string of the molecule is COc1ccc(C(C)C)cc1C(=O)N1CCCN(C(=O)C2CCC2)CC1. The predicted octanol–water partition coefficient (Wildman–Crippen LogP) is 3.29. The minimum Gasteiger partial charge on any atom is -0.496 e. The van der Waals surface area contributed by atoms with Crippen LogP contribution < -0.4 is 4.74 Å². The fraction of sp³-hybridized carbons (Fsp3) is 0.619. The van der Waals surface area contributed by atoms with Crippen LogP contribution in [-0.4, -0.2) is 54.9 Å². The molecule has 2 fully saturated rings. The first-order chi connectivity index (χ1) is 12.5. The van der Waals surface area contributed by atoms with E-state index in [-0.39, 0.29) is 17.7 Å². The topological polar surface area (TPSA) is 49.9 Å². The molecule has 5 nitrogen and oxygen atoms in total. The molecule has 1 aromatic carbocycles. The Morgan fingerprint density at radius 2 is 1.73 bits per heavy atom. The van der Waals surface area contributed by atoms with Gasteiger partial charge in [-0.1, -0.05) is 26.3 Å². The third-order valence-electron chi connectivity index (χ3n) is 5.67. The van der Waals surface area contributed by atoms with Crippen LogP contribution in [0.25, 0.3) is 0 Å². The van der Waals surface area contributed by atoms with Gasteiger partial charge in [-0.3, -0.25) is 9.59 Å². The maximum atomic E-state index is 13.1. The molecule has 1 saturated heterocycles. The smallest absolute Gasteiger partial charge is 0.257 e. The van der Waals surface area contributed by atoms with Crippen LogP contribution in [0.1, 0.15) is 61.4 Å². The van der Waals surface area contributed by atoms with Gasteiger partial charge in [-0.15, -0.1) is 0 Å². The second kappa shape index (κ2) is 8.11. The van der Waals surface area contributed by atoms with Gasteiger partial charge in [0.15, 0.2) is 0 Å². The van der Waals surface area contributed by atoms with Gasteiger partial charge in [-0.05, 0) is 42.9 Å². The number of benzene rings is 1. The van der Waals surface area contributed by atoms with Crippen LogP contribution in [0, 0.1) is 5.92 Å². The molecular weight excluding hydrogens is 328 g/mol. The molecule has 0 aromatic heterocycles. The average Bonchev–Trinajstić information content (AvgIpc) is 2.85. The van der Waals surface area contributed by atoms with Crippen LogP contribution in [0.2, 0.25) is 0 Å². The Balaban J connectivity index is 1.71. The number of carbonyl (C=O) groups excluding carboxylic acids is 2. The van der Waals surface area contributed by atoms with Crippen molar-refractivity contribution in [3.05, 3.63) is 29.3 Å². The Morgan fingerprint density at radius 3 is 2.35 bits per heavy atom. The van der Waals surface area contributed by atoms with E-state index < -0.39 is 0 Å². The number of rotatable bonds is 4. The van der Waals surface area contributed by atoms with Crippen molar-refractivity contribution < 1.29 is 14.3 Å². The summed E-state index contributed by atoms with van der Waals surface area (Å²) in [6, 6.07) is 5.85. The van der Waals surface area contributed by atoms with Gasteiger partial charge in [0.2, 0.25) is 5.91 Å². The van der Waals surface area contributed by atoms with E-state index in [9.17, 15) is 9.59 Å². The molecule has 0 unspecified atom stereocenters. The van der Waals surface area contributed by atoms with Crippen LogP contribution in [-0.2, 0) is 4.79 Å². The lowest BCUT2D eigenvalue weighted by molar-refractivity contribution is -0.138. The highest BCUT2D eigenvalue weighted by atomic mass is 16.5. The molecule has 0 N–H and O–H groups in total. The second-order valence-electron chi connectivity index (χ2n) is 7.71. The zero-order valence-corrected chi connectivity index (χ0v) is 16.2. The maximum Gasteiger partial charge on any atom is 0.257 e. The van der Waals surface area contributed by atoms with E-state index in [1.807, 2.05) is 28.0 Å². The van der Waals surface area contributed by atoms with Gasteiger partial charge < -0.3 is 14.5 Å². The van der Waals surface area contributed by atoms with Crippen molar-refractivity contribution >= 4 is 11.8 Å². The highest BCUT2D eigenvalue weighted by Gasteiger charge is 2.31. The maximum absolute atomic E-state index is 13.1. The Morgan fingerprint density at radius 1 is 1.04 bits per heavy atom. The summed E-state index contributed by atoms with van der Waals surface area (Å²) in [5.41, 5.74) is 1.75. The number of hydrogen-bond donors (Lipinski definition) is 0. The van der Waals surface area contributed by atoms with Gasteiger partial charge in [0.05, 0.1) is 12.7 Å². The quantitative estimate of drug-likeness (QED) is 0.830. The van der Waals surface area contributed by atoms with Gasteiger partial charge in [0.1, 0.15) is 5.75 Å². The molecule has 1 aliphatic heterocycles. The van der Waals surface area contributed by atoms with Crippen LogP contribution in [0.5, 0.6) is 5.75 Å². The summed E-state index contributed by atoms with van der Waals surface area (Å²) in [7, 11) is 1.60. The molecule has 1 aromatic rings. The standard InChI is InChI=1S/C21H30N2O3/c1-15(2)17-8-9-19(26-3)18(14-17)21(25)23-11-5-10-22(12-13-23)20(24)16-6-4-7-16/h8-9,14-16H,4-7,10-13H2,1-3H3. The Hall–Kier alpha value is -2.04. The van der Waals surface area contributed by atoms with Crippen LogP contribution >= 0.6 is 0 Å². The van der Waals surface area contributed by atoms with Gasteiger partial charge in [0.25, 0.3) is 5.91 Å². The molecule has 1 aliphatic carbocycles. The zero-order valence-electron chi connectivity index (χ0n) is 16.2. The molecule has 0 spiro atoms. The predicted molar refractivity (Wildman–Crippen MR) is 102 cm³/mol. The monoisotopic (exact) mass is 358 g/mol. The van der Waals surface area contributed by atoms with E-state index in [1.165, 1.54) is 6.42 Å². The lowest BCUT2D eigenvalue weighted by atomic mass is 9.84. The van der Waals surface area contributed by atoms with E-state index in [0.717, 1.165) is 31.4 Å². The molecule has 0 bridgehead atoms. The fourth-order valence-corrected chi connectivity index (χ4v) is 3.68. The van der Waals surface area contributed by atoms with Crippen molar-refractivity contribution in [2.75, 3.05) is 33.3 Å². The number of amides is 2. The fourth-order valence-electron chi connectivity index (χ4n) is 3.68. The lowest BCUT2D eigenvalue weighted by Crippen LogP contribution is -2.41. The van der Waals surface area contributed by atoms with E-state index in [4.69, 9.17) is 4.74 Å². The Bertz CT molecular complexity index is 667. The summed E-state index contributed by atoms with van der Waals surface area (Å²) in [4.78, 5) is 29.5. The normalized spacial score (nSPS) is 18.5. The van der Waals surface area contributed by atoms with E-state index in [1.54, 1.807) is 7.11 Å². The molecule has 1 heterocycles. The van der Waals surface area contributed by atoms with Gasteiger partial charge in [-0.25, -0.2) is 0 Å². The van der Waals surface area contributed by atoms with Gasteiger partial charge >= 0.3 is 0 Å². The highest BCUT2D eigenvalue weighted by molar-refractivity contribution is 5.97. The first kappa shape index (κ1) is 18.7. The summed E-state index contributed by atoms with van der Waals surface area (Å²) in [5.74, 6) is 1.48. The summed E-state index contributed by atoms with van der Waals surface area (Å²) >= 11 is 0. The minimum absolute atomic E-state index is 0.00212. The molecule has 2 aliphatic rings. The average molecular weight is 358 g/mol. The number of ether oxygens (including phenoxy) is 1. The van der Waals surface area contributed by atoms with Gasteiger partial charge in [-0.2, -0.15) is 0 Å². The second-order valence-corrected chi connectivity index (χ2v) is 7.71. The summed E-state index contributed by atoms with van der Waals surface area (Å²) in [6.45, 7) is 6.89. The van der Waals surface area contributed by atoms with Crippen molar-refractivity contribution in [1.82, 2.24) is 9.80 Å². The lowest BCUT2D eigenvalue weighted by Gasteiger charge is -2.31. The third kappa shape index (κ3) is 3.87. The van der Waals surface area contributed by atoms with Crippen LogP contribution in [0.4, 0.5) is 0 Å². The summed E-state index contributed by atoms with van der Waals surface area (Å²) < 4.78 is 5.42.